The molecule has 0 aromatic carbocycles. The van der Waals surface area contributed by atoms with Crippen molar-refractivity contribution in [3.05, 3.63) is 0 Å². The monoisotopic (exact) mass is 227 g/mol. The molecule has 0 saturated carbocycles. The van der Waals surface area contributed by atoms with Crippen LogP contribution in [0.1, 0.15) is 26.7 Å². The van der Waals surface area contributed by atoms with Gasteiger partial charge in [-0.3, -0.25) is 4.79 Å². The lowest BCUT2D eigenvalue weighted by atomic mass is 10.2. The molecular weight excluding hydrogens is 211 g/mol. The molecule has 0 bridgehead atoms. The van der Waals surface area contributed by atoms with Gasteiger partial charge in [-0.25, -0.2) is 0 Å². The average Bonchev–Trinajstić information content (AvgIpc) is 2.11. The molecule has 0 amide bonds. The summed E-state index contributed by atoms with van der Waals surface area (Å²) in [6.45, 7) is 3.66. The first kappa shape index (κ1) is 14.2. The lowest BCUT2D eigenvalue weighted by Crippen LogP contribution is -2.36. The van der Waals surface area contributed by atoms with Gasteiger partial charge in [0.2, 0.25) is 0 Å². The van der Waals surface area contributed by atoms with Crippen molar-refractivity contribution in [2.75, 3.05) is 13.2 Å². The van der Waals surface area contributed by atoms with Crippen LogP contribution in [-0.2, 0) is 9.53 Å². The zero-order valence-corrected chi connectivity index (χ0v) is 8.86. The second-order valence-electron chi connectivity index (χ2n) is 3.15. The van der Waals surface area contributed by atoms with Gasteiger partial charge >= 0.3 is 12.1 Å². The predicted octanol–water partition coefficient (Wildman–Crippen LogP) is 1.87. The smallest absolute Gasteiger partial charge is 0.389 e. The van der Waals surface area contributed by atoms with E-state index in [1.807, 2.05) is 0 Å². The molecule has 0 saturated heterocycles. The van der Waals surface area contributed by atoms with Crippen molar-refractivity contribution in [2.45, 2.75) is 38.9 Å². The Morgan fingerprint density at radius 3 is 2.53 bits per heavy atom. The maximum atomic E-state index is 11.7. The quantitative estimate of drug-likeness (QED) is 0.556. The van der Waals surface area contributed by atoms with Crippen LogP contribution in [0.4, 0.5) is 13.2 Å². The van der Waals surface area contributed by atoms with Gasteiger partial charge < -0.3 is 10.1 Å². The van der Waals surface area contributed by atoms with Gasteiger partial charge in [0.15, 0.2) is 0 Å². The summed E-state index contributed by atoms with van der Waals surface area (Å²) in [4.78, 5) is 11.0. The third-order valence-corrected chi connectivity index (χ3v) is 1.73. The molecule has 0 rings (SSSR count). The molecule has 1 atom stereocenters. The van der Waals surface area contributed by atoms with Crippen LogP contribution >= 0.6 is 0 Å². The SMILES string of the molecule is CCOC(=O)C(C)NCCCC(F)(F)F. The predicted molar refractivity (Wildman–Crippen MR) is 49.4 cm³/mol. The number of esters is 1. The zero-order valence-electron chi connectivity index (χ0n) is 8.86. The van der Waals surface area contributed by atoms with E-state index in [2.05, 4.69) is 10.1 Å². The first-order valence-corrected chi connectivity index (χ1v) is 4.83. The molecule has 1 unspecified atom stereocenters. The highest BCUT2D eigenvalue weighted by Crippen LogP contribution is 2.20. The minimum atomic E-state index is -4.13. The molecule has 0 aliphatic heterocycles. The van der Waals surface area contributed by atoms with Crippen molar-refractivity contribution in [3.63, 3.8) is 0 Å². The second kappa shape index (κ2) is 6.66. The Kier molecular flexibility index (Phi) is 6.31. The summed E-state index contributed by atoms with van der Waals surface area (Å²) in [7, 11) is 0. The van der Waals surface area contributed by atoms with Crippen LogP contribution in [0.5, 0.6) is 0 Å². The fourth-order valence-electron chi connectivity index (χ4n) is 0.958. The van der Waals surface area contributed by atoms with Crippen LogP contribution in [0, 0.1) is 0 Å². The first-order chi connectivity index (χ1) is 6.87. The highest BCUT2D eigenvalue weighted by molar-refractivity contribution is 5.75. The van der Waals surface area contributed by atoms with E-state index in [1.54, 1.807) is 13.8 Å². The molecular formula is C9H16F3NO2. The van der Waals surface area contributed by atoms with E-state index in [4.69, 9.17) is 0 Å². The standard InChI is InChI=1S/C9H16F3NO2/c1-3-15-8(14)7(2)13-6-4-5-9(10,11)12/h7,13H,3-6H2,1-2H3. The summed E-state index contributed by atoms with van der Waals surface area (Å²) < 4.78 is 39.9. The molecule has 0 aliphatic rings. The van der Waals surface area contributed by atoms with Gasteiger partial charge in [-0.1, -0.05) is 0 Å². The summed E-state index contributed by atoms with van der Waals surface area (Å²) >= 11 is 0. The van der Waals surface area contributed by atoms with Gasteiger partial charge in [-0.15, -0.1) is 0 Å². The van der Waals surface area contributed by atoms with E-state index in [-0.39, 0.29) is 19.6 Å². The molecule has 6 heteroatoms. The van der Waals surface area contributed by atoms with E-state index in [1.165, 1.54) is 0 Å². The summed E-state index contributed by atoms with van der Waals surface area (Å²) in [6, 6.07) is -0.557. The molecule has 1 N–H and O–H groups in total. The number of carbonyl (C=O) groups excluding carboxylic acids is 1. The van der Waals surface area contributed by atoms with Gasteiger partial charge in [-0.2, -0.15) is 13.2 Å². The Balaban J connectivity index is 3.55. The highest BCUT2D eigenvalue weighted by Gasteiger charge is 2.26. The van der Waals surface area contributed by atoms with Gasteiger partial charge in [0.25, 0.3) is 0 Å². The number of carbonyl (C=O) groups is 1. The fourth-order valence-corrected chi connectivity index (χ4v) is 0.958. The average molecular weight is 227 g/mol. The molecule has 15 heavy (non-hydrogen) atoms. The fraction of sp³-hybridized carbons (Fsp3) is 0.889. The number of ether oxygens (including phenoxy) is 1. The van der Waals surface area contributed by atoms with Gasteiger partial charge in [0, 0.05) is 6.42 Å². The van der Waals surface area contributed by atoms with Crippen molar-refractivity contribution in [1.29, 1.82) is 0 Å². The summed E-state index contributed by atoms with van der Waals surface area (Å²) in [5.41, 5.74) is 0. The number of nitrogens with one attached hydrogen (secondary N) is 1. The van der Waals surface area contributed by atoms with Crippen LogP contribution in [0.2, 0.25) is 0 Å². The Hall–Kier alpha value is -0.780. The van der Waals surface area contributed by atoms with Crippen LogP contribution in [0.15, 0.2) is 0 Å². The van der Waals surface area contributed by atoms with E-state index in [0.29, 0.717) is 0 Å². The van der Waals surface area contributed by atoms with E-state index < -0.39 is 24.6 Å². The number of alkyl halides is 3. The minimum Gasteiger partial charge on any atom is -0.465 e. The van der Waals surface area contributed by atoms with Crippen molar-refractivity contribution in [2.24, 2.45) is 0 Å². The molecule has 0 fully saturated rings. The molecule has 0 radical (unpaired) electrons. The van der Waals surface area contributed by atoms with Gasteiger partial charge in [-0.05, 0) is 26.8 Å². The molecule has 0 aliphatic carbocycles. The minimum absolute atomic E-state index is 0.0345. The van der Waals surface area contributed by atoms with Crippen LogP contribution in [0.25, 0.3) is 0 Å². The molecule has 90 valence electrons. The van der Waals surface area contributed by atoms with Gasteiger partial charge in [0.1, 0.15) is 6.04 Å². The van der Waals surface area contributed by atoms with E-state index in [0.717, 1.165) is 0 Å². The van der Waals surface area contributed by atoms with E-state index >= 15 is 0 Å². The number of rotatable bonds is 6. The van der Waals surface area contributed by atoms with E-state index in [9.17, 15) is 18.0 Å². The van der Waals surface area contributed by atoms with Crippen molar-refractivity contribution < 1.29 is 22.7 Å². The number of halogens is 3. The van der Waals surface area contributed by atoms with Crippen molar-refractivity contribution >= 4 is 5.97 Å². The maximum Gasteiger partial charge on any atom is 0.389 e. The van der Waals surface area contributed by atoms with Crippen LogP contribution in [-0.4, -0.2) is 31.3 Å². The van der Waals surface area contributed by atoms with Crippen molar-refractivity contribution in [3.8, 4) is 0 Å². The lowest BCUT2D eigenvalue weighted by Gasteiger charge is -2.12. The third-order valence-electron chi connectivity index (χ3n) is 1.73. The molecule has 0 heterocycles. The largest absolute Gasteiger partial charge is 0.465 e. The molecule has 3 nitrogen and oxygen atoms in total. The Morgan fingerprint density at radius 2 is 2.07 bits per heavy atom. The topological polar surface area (TPSA) is 38.3 Å². The van der Waals surface area contributed by atoms with Gasteiger partial charge in [0.05, 0.1) is 6.61 Å². The van der Waals surface area contributed by atoms with Crippen LogP contribution < -0.4 is 5.32 Å². The van der Waals surface area contributed by atoms with Crippen molar-refractivity contribution in [1.82, 2.24) is 5.32 Å². The molecule has 0 aromatic rings. The summed E-state index contributed by atoms with van der Waals surface area (Å²) in [6.07, 6.45) is -5.00. The Bertz CT molecular complexity index is 194. The second-order valence-corrected chi connectivity index (χ2v) is 3.15. The molecule has 0 spiro atoms. The third kappa shape index (κ3) is 8.23. The maximum absolute atomic E-state index is 11.7. The highest BCUT2D eigenvalue weighted by atomic mass is 19.4. The summed E-state index contributed by atoms with van der Waals surface area (Å²) in [5.74, 6) is -0.440. The normalized spacial score (nSPS) is 13.7. The molecule has 0 aromatic heterocycles. The Labute approximate surface area is 87.0 Å². The zero-order chi connectivity index (χ0) is 11.9. The number of hydrogen-bond donors (Lipinski definition) is 1. The lowest BCUT2D eigenvalue weighted by molar-refractivity contribution is -0.145. The Morgan fingerprint density at radius 1 is 1.47 bits per heavy atom. The summed E-state index contributed by atoms with van der Waals surface area (Å²) in [5, 5.41) is 2.67. The number of hydrogen-bond acceptors (Lipinski definition) is 3. The van der Waals surface area contributed by atoms with Crippen LogP contribution in [0.3, 0.4) is 0 Å². The first-order valence-electron chi connectivity index (χ1n) is 4.83.